The third kappa shape index (κ3) is 4.08. The number of aromatic hydroxyl groups is 1. The molecule has 0 aromatic heterocycles. The summed E-state index contributed by atoms with van der Waals surface area (Å²) < 4.78 is 0.948. The van der Waals surface area contributed by atoms with Gasteiger partial charge in [0.25, 0.3) is 0 Å². The smallest absolute Gasteiger partial charge is 0.241 e. The lowest BCUT2D eigenvalue weighted by Gasteiger charge is -2.12. The number of carbonyl (C=O) groups is 1. The molecule has 104 valence electrons. The molecule has 0 saturated heterocycles. The molecule has 2 aromatic rings. The maximum absolute atomic E-state index is 12.0. The van der Waals surface area contributed by atoms with E-state index in [1.165, 1.54) is 0 Å². The van der Waals surface area contributed by atoms with E-state index in [2.05, 4.69) is 21.2 Å². The Labute approximate surface area is 125 Å². The number of hydrogen-bond donors (Lipinski definition) is 3. The van der Waals surface area contributed by atoms with Gasteiger partial charge in [0, 0.05) is 10.2 Å². The van der Waals surface area contributed by atoms with E-state index in [0.717, 1.165) is 10.0 Å². The summed E-state index contributed by atoms with van der Waals surface area (Å²) in [5.74, 6) is -0.0398. The Hall–Kier alpha value is -1.85. The molecule has 0 aliphatic carbocycles. The Morgan fingerprint density at radius 1 is 1.15 bits per heavy atom. The summed E-state index contributed by atoms with van der Waals surface area (Å²) in [5, 5.41) is 12.0. The molecule has 4 nitrogen and oxygen atoms in total. The number of carbonyl (C=O) groups excluding carboxylic acids is 1. The van der Waals surface area contributed by atoms with Crippen LogP contribution in [-0.2, 0) is 11.2 Å². The lowest BCUT2D eigenvalue weighted by atomic mass is 10.1. The predicted octanol–water partition coefficient (Wildman–Crippen LogP) is 2.66. The number of nitrogens with two attached hydrogens (primary N) is 1. The van der Waals surface area contributed by atoms with Crippen molar-refractivity contribution in [3.05, 3.63) is 58.6 Å². The number of phenolic OH excluding ortho intramolecular Hbond substituents is 1. The maximum Gasteiger partial charge on any atom is 0.241 e. The summed E-state index contributed by atoms with van der Waals surface area (Å²) in [7, 11) is 0. The number of phenols is 1. The lowest BCUT2D eigenvalue weighted by molar-refractivity contribution is -0.117. The standard InChI is InChI=1S/C15H15BrN2O2/c16-11-3-5-12(6-4-11)18-15(20)14(17)9-10-1-7-13(19)8-2-10/h1-8,14,19H,9,17H2,(H,18,20). The summed E-state index contributed by atoms with van der Waals surface area (Å²) in [6.07, 6.45) is 0.419. The van der Waals surface area contributed by atoms with Gasteiger partial charge in [-0.1, -0.05) is 28.1 Å². The molecule has 2 aromatic carbocycles. The number of benzene rings is 2. The third-order valence-corrected chi connectivity index (χ3v) is 3.37. The summed E-state index contributed by atoms with van der Waals surface area (Å²) >= 11 is 3.33. The minimum Gasteiger partial charge on any atom is -0.508 e. The second kappa shape index (κ2) is 6.54. The number of halogens is 1. The van der Waals surface area contributed by atoms with Crippen LogP contribution in [0, 0.1) is 0 Å². The van der Waals surface area contributed by atoms with Crippen molar-refractivity contribution < 1.29 is 9.90 Å². The second-order valence-corrected chi connectivity index (χ2v) is 5.39. The van der Waals surface area contributed by atoms with Crippen LogP contribution >= 0.6 is 15.9 Å². The first-order chi connectivity index (χ1) is 9.54. The van der Waals surface area contributed by atoms with Crippen molar-refractivity contribution >= 4 is 27.5 Å². The fourth-order valence-electron chi connectivity index (χ4n) is 1.75. The van der Waals surface area contributed by atoms with Crippen molar-refractivity contribution in [1.29, 1.82) is 0 Å². The van der Waals surface area contributed by atoms with Crippen molar-refractivity contribution in [2.75, 3.05) is 5.32 Å². The highest BCUT2D eigenvalue weighted by Crippen LogP contribution is 2.15. The molecule has 4 N–H and O–H groups in total. The molecule has 1 atom stereocenters. The van der Waals surface area contributed by atoms with E-state index in [4.69, 9.17) is 5.73 Å². The van der Waals surface area contributed by atoms with Crippen LogP contribution < -0.4 is 11.1 Å². The van der Waals surface area contributed by atoms with Gasteiger partial charge < -0.3 is 16.2 Å². The van der Waals surface area contributed by atoms with Gasteiger partial charge in [0.1, 0.15) is 5.75 Å². The maximum atomic E-state index is 12.0. The summed E-state index contributed by atoms with van der Waals surface area (Å²) in [6.45, 7) is 0. The van der Waals surface area contributed by atoms with Gasteiger partial charge in [-0.25, -0.2) is 0 Å². The molecular weight excluding hydrogens is 320 g/mol. The minimum atomic E-state index is -0.636. The first kappa shape index (κ1) is 14.6. The van der Waals surface area contributed by atoms with Gasteiger partial charge in [0.05, 0.1) is 6.04 Å². The molecule has 0 saturated carbocycles. The molecule has 0 bridgehead atoms. The topological polar surface area (TPSA) is 75.3 Å². The van der Waals surface area contributed by atoms with E-state index in [1.807, 2.05) is 12.1 Å². The summed E-state index contributed by atoms with van der Waals surface area (Å²) in [4.78, 5) is 12.0. The molecule has 1 amide bonds. The highest BCUT2D eigenvalue weighted by Gasteiger charge is 2.14. The van der Waals surface area contributed by atoms with Crippen LogP contribution in [0.3, 0.4) is 0 Å². The Kier molecular flexibility index (Phi) is 4.76. The number of rotatable bonds is 4. The summed E-state index contributed by atoms with van der Waals surface area (Å²) in [6, 6.07) is 13.3. The van der Waals surface area contributed by atoms with Crippen molar-refractivity contribution in [1.82, 2.24) is 0 Å². The molecular formula is C15H15BrN2O2. The Morgan fingerprint density at radius 2 is 1.75 bits per heavy atom. The quantitative estimate of drug-likeness (QED) is 0.804. The van der Waals surface area contributed by atoms with Crippen molar-refractivity contribution in [3.8, 4) is 5.75 Å². The van der Waals surface area contributed by atoms with Crippen molar-refractivity contribution in [2.24, 2.45) is 5.73 Å². The van der Waals surface area contributed by atoms with Crippen LogP contribution in [0.2, 0.25) is 0 Å². The molecule has 2 rings (SSSR count). The molecule has 1 unspecified atom stereocenters. The van der Waals surface area contributed by atoms with E-state index < -0.39 is 6.04 Å². The fourth-order valence-corrected chi connectivity index (χ4v) is 2.01. The van der Waals surface area contributed by atoms with Crippen LogP contribution in [0.1, 0.15) is 5.56 Å². The molecule has 0 aliphatic rings. The number of hydrogen-bond acceptors (Lipinski definition) is 3. The van der Waals surface area contributed by atoms with Gasteiger partial charge in [-0.2, -0.15) is 0 Å². The first-order valence-electron chi connectivity index (χ1n) is 6.14. The van der Waals surface area contributed by atoms with Crippen molar-refractivity contribution in [2.45, 2.75) is 12.5 Å². The molecule has 0 radical (unpaired) electrons. The minimum absolute atomic E-state index is 0.196. The largest absolute Gasteiger partial charge is 0.508 e. The lowest BCUT2D eigenvalue weighted by Crippen LogP contribution is -2.37. The SMILES string of the molecule is NC(Cc1ccc(O)cc1)C(=O)Nc1ccc(Br)cc1. The van der Waals surface area contributed by atoms with Gasteiger partial charge in [0.15, 0.2) is 0 Å². The Bertz CT molecular complexity index is 582. The van der Waals surface area contributed by atoms with Gasteiger partial charge in [-0.05, 0) is 48.4 Å². The second-order valence-electron chi connectivity index (χ2n) is 4.47. The number of nitrogens with one attached hydrogen (secondary N) is 1. The zero-order chi connectivity index (χ0) is 14.5. The van der Waals surface area contributed by atoms with Gasteiger partial charge >= 0.3 is 0 Å². The first-order valence-corrected chi connectivity index (χ1v) is 6.94. The van der Waals surface area contributed by atoms with Crippen molar-refractivity contribution in [3.63, 3.8) is 0 Å². The van der Waals surface area contributed by atoms with Crippen LogP contribution in [0.25, 0.3) is 0 Å². The van der Waals surface area contributed by atoms with E-state index >= 15 is 0 Å². The average Bonchev–Trinajstić information content (AvgIpc) is 2.44. The van der Waals surface area contributed by atoms with Gasteiger partial charge in [-0.3, -0.25) is 4.79 Å². The molecule has 0 aliphatic heterocycles. The number of amides is 1. The van der Waals surface area contributed by atoms with Crippen LogP contribution in [0.4, 0.5) is 5.69 Å². The Balaban J connectivity index is 1.94. The van der Waals surface area contributed by atoms with E-state index in [1.54, 1.807) is 36.4 Å². The molecule has 0 spiro atoms. The van der Waals surface area contributed by atoms with Crippen LogP contribution in [-0.4, -0.2) is 17.1 Å². The molecule has 0 heterocycles. The van der Waals surface area contributed by atoms with E-state index in [-0.39, 0.29) is 11.7 Å². The third-order valence-electron chi connectivity index (χ3n) is 2.84. The van der Waals surface area contributed by atoms with Gasteiger partial charge in [0.2, 0.25) is 5.91 Å². The highest BCUT2D eigenvalue weighted by molar-refractivity contribution is 9.10. The van der Waals surface area contributed by atoms with E-state index in [9.17, 15) is 9.90 Å². The fraction of sp³-hybridized carbons (Fsp3) is 0.133. The monoisotopic (exact) mass is 334 g/mol. The van der Waals surface area contributed by atoms with Crippen LogP contribution in [0.15, 0.2) is 53.0 Å². The van der Waals surface area contributed by atoms with E-state index in [0.29, 0.717) is 12.1 Å². The molecule has 0 fully saturated rings. The Morgan fingerprint density at radius 3 is 2.35 bits per heavy atom. The predicted molar refractivity (Wildman–Crippen MR) is 82.6 cm³/mol. The molecule has 20 heavy (non-hydrogen) atoms. The number of anilines is 1. The molecule has 5 heteroatoms. The van der Waals surface area contributed by atoms with Gasteiger partial charge in [-0.15, -0.1) is 0 Å². The zero-order valence-electron chi connectivity index (χ0n) is 10.7. The normalized spacial score (nSPS) is 11.9. The van der Waals surface area contributed by atoms with Crippen LogP contribution in [0.5, 0.6) is 5.75 Å². The summed E-state index contributed by atoms with van der Waals surface area (Å²) in [5.41, 5.74) is 7.49. The highest BCUT2D eigenvalue weighted by atomic mass is 79.9. The zero-order valence-corrected chi connectivity index (χ0v) is 12.3. The average molecular weight is 335 g/mol.